The molecular weight excluding hydrogens is 451 g/mol. The van der Waals surface area contributed by atoms with E-state index in [2.05, 4.69) is 36.0 Å². The predicted octanol–water partition coefficient (Wildman–Crippen LogP) is 4.66. The summed E-state index contributed by atoms with van der Waals surface area (Å²) in [5.74, 6) is 0.662. The summed E-state index contributed by atoms with van der Waals surface area (Å²) in [4.78, 5) is 21.2. The molecule has 2 N–H and O–H groups in total. The van der Waals surface area contributed by atoms with Crippen molar-refractivity contribution >= 4 is 28.3 Å². The molecular formula is C24H21FN8O2. The van der Waals surface area contributed by atoms with Gasteiger partial charge in [-0.2, -0.15) is 5.11 Å². The van der Waals surface area contributed by atoms with Crippen molar-refractivity contribution in [3.63, 3.8) is 0 Å². The fourth-order valence-corrected chi connectivity index (χ4v) is 3.58. The number of anilines is 1. The minimum Gasteiger partial charge on any atom is -0.439 e. The maximum Gasteiger partial charge on any atom is 0.330 e. The van der Waals surface area contributed by atoms with E-state index in [0.717, 1.165) is 16.8 Å². The summed E-state index contributed by atoms with van der Waals surface area (Å²) in [5, 5.41) is 18.2. The molecule has 0 radical (unpaired) electrons. The topological polar surface area (TPSA) is 118 Å². The van der Waals surface area contributed by atoms with Crippen LogP contribution >= 0.6 is 0 Å². The predicted molar refractivity (Wildman–Crippen MR) is 128 cm³/mol. The van der Waals surface area contributed by atoms with Gasteiger partial charge < -0.3 is 15.4 Å². The Morgan fingerprint density at radius 2 is 2.03 bits per heavy atom. The lowest BCUT2D eigenvalue weighted by Gasteiger charge is -2.09. The second-order valence-corrected chi connectivity index (χ2v) is 7.91. The van der Waals surface area contributed by atoms with E-state index in [0.29, 0.717) is 48.0 Å². The molecule has 0 bridgehead atoms. The quantitative estimate of drug-likeness (QED) is 0.405. The molecule has 4 aromatic rings. The van der Waals surface area contributed by atoms with Gasteiger partial charge in [0.05, 0.1) is 16.9 Å². The van der Waals surface area contributed by atoms with Gasteiger partial charge in [0.25, 0.3) is 0 Å². The normalized spacial score (nSPS) is 12.7. The third-order valence-corrected chi connectivity index (χ3v) is 5.35. The number of benzene rings is 2. The molecule has 0 aliphatic carbocycles. The van der Waals surface area contributed by atoms with E-state index in [4.69, 9.17) is 4.74 Å². The largest absolute Gasteiger partial charge is 0.439 e. The van der Waals surface area contributed by atoms with Crippen molar-refractivity contribution in [3.8, 4) is 11.6 Å². The third-order valence-electron chi connectivity index (χ3n) is 5.35. The molecule has 176 valence electrons. The van der Waals surface area contributed by atoms with Crippen molar-refractivity contribution in [2.45, 2.75) is 13.5 Å². The molecule has 11 heteroatoms. The minimum absolute atomic E-state index is 0.319. The monoisotopic (exact) mass is 472 g/mol. The molecule has 10 nitrogen and oxygen atoms in total. The van der Waals surface area contributed by atoms with Gasteiger partial charge >= 0.3 is 6.03 Å². The van der Waals surface area contributed by atoms with E-state index in [1.54, 1.807) is 37.4 Å². The lowest BCUT2D eigenvalue weighted by molar-refractivity contribution is 0.254. The first-order valence-electron chi connectivity index (χ1n) is 10.9. The lowest BCUT2D eigenvalue weighted by Crippen LogP contribution is -2.23. The molecule has 35 heavy (non-hydrogen) atoms. The van der Waals surface area contributed by atoms with Crippen LogP contribution in [0.1, 0.15) is 11.3 Å². The molecule has 1 amide bonds. The number of amides is 1. The smallest absolute Gasteiger partial charge is 0.330 e. The Balaban J connectivity index is 1.25. The van der Waals surface area contributed by atoms with Crippen molar-refractivity contribution in [3.05, 3.63) is 78.1 Å². The van der Waals surface area contributed by atoms with Crippen molar-refractivity contribution in [1.29, 1.82) is 0 Å². The molecule has 0 unspecified atom stereocenters. The SMILES string of the molecule is Cc1cc(NC(=O)n2ccc3cc(Oc4cc(CNCC5=NN=NC5)ncn4)ccc32)ccc1F. The van der Waals surface area contributed by atoms with Gasteiger partial charge in [0.15, 0.2) is 0 Å². The molecule has 1 aliphatic heterocycles. The number of halogens is 1. The number of aromatic nitrogens is 3. The van der Waals surface area contributed by atoms with Crippen LogP contribution in [0.2, 0.25) is 0 Å². The van der Waals surface area contributed by atoms with E-state index in [1.807, 2.05) is 12.1 Å². The summed E-state index contributed by atoms with van der Waals surface area (Å²) in [6.07, 6.45) is 3.12. The first kappa shape index (κ1) is 22.3. The van der Waals surface area contributed by atoms with E-state index >= 15 is 0 Å². The Hall–Kier alpha value is -4.51. The maximum absolute atomic E-state index is 13.5. The molecule has 3 heterocycles. The highest BCUT2D eigenvalue weighted by Crippen LogP contribution is 2.26. The molecule has 0 saturated heterocycles. The maximum atomic E-state index is 13.5. The molecule has 2 aromatic carbocycles. The van der Waals surface area contributed by atoms with Crippen molar-refractivity contribution in [1.82, 2.24) is 19.9 Å². The number of aryl methyl sites for hydroxylation is 1. The van der Waals surface area contributed by atoms with Crippen molar-refractivity contribution in [2.75, 3.05) is 18.4 Å². The number of ether oxygens (including phenoxy) is 1. The average molecular weight is 472 g/mol. The van der Waals surface area contributed by atoms with Gasteiger partial charge in [0.2, 0.25) is 5.88 Å². The van der Waals surface area contributed by atoms with Gasteiger partial charge in [-0.15, -0.1) is 5.10 Å². The summed E-state index contributed by atoms with van der Waals surface area (Å²) in [6, 6.07) is 13.0. The minimum atomic E-state index is -0.349. The Bertz CT molecular complexity index is 1460. The number of fused-ring (bicyclic) bond motifs is 1. The molecule has 0 saturated carbocycles. The fraction of sp³-hybridized carbons (Fsp3) is 0.167. The number of nitrogens with one attached hydrogen (secondary N) is 2. The van der Waals surface area contributed by atoms with Crippen LogP contribution in [-0.2, 0) is 6.54 Å². The van der Waals surface area contributed by atoms with Gasteiger partial charge in [-0.25, -0.2) is 19.2 Å². The zero-order chi connectivity index (χ0) is 24.2. The number of rotatable bonds is 7. The van der Waals surface area contributed by atoms with Crippen LogP contribution < -0.4 is 15.4 Å². The summed E-state index contributed by atoms with van der Waals surface area (Å²) in [5.41, 5.74) is 3.32. The second-order valence-electron chi connectivity index (χ2n) is 7.91. The highest BCUT2D eigenvalue weighted by molar-refractivity contribution is 5.98. The molecule has 0 spiro atoms. The Morgan fingerprint density at radius 3 is 2.86 bits per heavy atom. The number of nitrogens with zero attached hydrogens (tertiary/aromatic N) is 6. The molecule has 0 fully saturated rings. The van der Waals surface area contributed by atoms with E-state index in [9.17, 15) is 9.18 Å². The Morgan fingerprint density at radius 1 is 1.11 bits per heavy atom. The van der Waals surface area contributed by atoms with Gasteiger partial charge in [0.1, 0.15) is 24.4 Å². The van der Waals surface area contributed by atoms with Gasteiger partial charge in [-0.05, 0) is 60.2 Å². The Kier molecular flexibility index (Phi) is 6.22. The van der Waals surface area contributed by atoms with Crippen LogP contribution in [-0.4, -0.2) is 39.4 Å². The van der Waals surface area contributed by atoms with Crippen molar-refractivity contribution in [2.24, 2.45) is 15.4 Å². The van der Waals surface area contributed by atoms with Crippen LogP contribution in [0.15, 0.2) is 76.5 Å². The van der Waals surface area contributed by atoms with Crippen LogP contribution in [0.4, 0.5) is 14.9 Å². The van der Waals surface area contributed by atoms with Gasteiger partial charge in [0, 0.05) is 36.4 Å². The standard InChI is InChI=1S/C24H21FN8O2/c1-15-8-17(2-4-21(15)25)30-24(34)33-7-6-16-9-20(3-5-22(16)33)35-23-10-18(27-14-28-23)11-26-12-19-13-29-32-31-19/h2-10,14,26H,11-13H2,1H3,(H,30,34). The van der Waals surface area contributed by atoms with E-state index < -0.39 is 0 Å². The zero-order valence-electron chi connectivity index (χ0n) is 18.8. The van der Waals surface area contributed by atoms with Gasteiger partial charge in [-0.3, -0.25) is 4.57 Å². The fourth-order valence-electron chi connectivity index (χ4n) is 3.58. The Labute approximate surface area is 199 Å². The number of hydrogen-bond acceptors (Lipinski definition) is 8. The summed E-state index contributed by atoms with van der Waals surface area (Å²) < 4.78 is 20.9. The first-order chi connectivity index (χ1) is 17.0. The van der Waals surface area contributed by atoms with E-state index in [1.165, 1.54) is 23.0 Å². The highest BCUT2D eigenvalue weighted by Gasteiger charge is 2.12. The number of carbonyl (C=O) groups excluding carboxylic acids is 1. The first-order valence-corrected chi connectivity index (χ1v) is 10.9. The molecule has 2 aromatic heterocycles. The average Bonchev–Trinajstić information content (AvgIpc) is 3.51. The summed E-state index contributed by atoms with van der Waals surface area (Å²) in [6.45, 7) is 3.26. The number of carbonyl (C=O) groups is 1. The van der Waals surface area contributed by atoms with Crippen molar-refractivity contribution < 1.29 is 13.9 Å². The molecule has 1 aliphatic rings. The second kappa shape index (κ2) is 9.77. The van der Waals surface area contributed by atoms with Crippen LogP contribution in [0, 0.1) is 12.7 Å². The molecule has 5 rings (SSSR count). The van der Waals surface area contributed by atoms with Crippen LogP contribution in [0.25, 0.3) is 10.9 Å². The zero-order valence-corrected chi connectivity index (χ0v) is 18.8. The lowest BCUT2D eigenvalue weighted by atomic mass is 10.2. The highest BCUT2D eigenvalue weighted by atomic mass is 19.1. The summed E-state index contributed by atoms with van der Waals surface area (Å²) in [7, 11) is 0. The van der Waals surface area contributed by atoms with Crippen LogP contribution in [0.3, 0.4) is 0 Å². The molecule has 0 atom stereocenters. The van der Waals surface area contributed by atoms with Crippen LogP contribution in [0.5, 0.6) is 11.6 Å². The van der Waals surface area contributed by atoms with E-state index in [-0.39, 0.29) is 11.8 Å². The summed E-state index contributed by atoms with van der Waals surface area (Å²) >= 11 is 0. The number of hydrogen-bond donors (Lipinski definition) is 2. The third kappa shape index (κ3) is 5.20. The van der Waals surface area contributed by atoms with Gasteiger partial charge in [-0.1, -0.05) is 0 Å².